The molecular weight excluding hydrogens is 270 g/mol. The molecule has 1 aromatic heterocycles. The molecule has 1 heterocycles. The Kier molecular flexibility index (Phi) is 4.15. The largest absolute Gasteiger partial charge is 0.366 e. The monoisotopic (exact) mass is 289 g/mol. The summed E-state index contributed by atoms with van der Waals surface area (Å²) in [5.74, 6) is 1.60. The van der Waals surface area contributed by atoms with Crippen LogP contribution in [0.2, 0.25) is 0 Å². The van der Waals surface area contributed by atoms with E-state index < -0.39 is 0 Å². The highest BCUT2D eigenvalue weighted by molar-refractivity contribution is 5.61. The Morgan fingerprint density at radius 2 is 1.82 bits per heavy atom. The van der Waals surface area contributed by atoms with Crippen LogP contribution in [0.1, 0.15) is 16.7 Å². The maximum absolute atomic E-state index is 4.62. The molecule has 3 nitrogen and oxygen atoms in total. The van der Waals surface area contributed by atoms with Gasteiger partial charge in [-0.05, 0) is 31.0 Å². The molecule has 0 aliphatic carbocycles. The van der Waals surface area contributed by atoms with E-state index in [2.05, 4.69) is 65.5 Å². The highest BCUT2D eigenvalue weighted by atomic mass is 15.0. The molecule has 0 atom stereocenters. The number of benzene rings is 2. The van der Waals surface area contributed by atoms with Gasteiger partial charge in [0.15, 0.2) is 5.82 Å². The fraction of sp³-hybridized carbons (Fsp3) is 0.158. The first-order chi connectivity index (χ1) is 10.7. The lowest BCUT2D eigenvalue weighted by molar-refractivity contribution is 1.08. The molecule has 0 saturated carbocycles. The van der Waals surface area contributed by atoms with Gasteiger partial charge in [-0.1, -0.05) is 54.1 Å². The molecule has 3 heteroatoms. The summed E-state index contributed by atoms with van der Waals surface area (Å²) >= 11 is 0. The lowest BCUT2D eigenvalue weighted by Gasteiger charge is -2.09. The van der Waals surface area contributed by atoms with Crippen LogP contribution < -0.4 is 5.32 Å². The van der Waals surface area contributed by atoms with Gasteiger partial charge in [-0.25, -0.2) is 9.97 Å². The van der Waals surface area contributed by atoms with Crippen molar-refractivity contribution in [2.75, 3.05) is 5.32 Å². The average Bonchev–Trinajstić information content (AvgIpc) is 2.54. The van der Waals surface area contributed by atoms with Gasteiger partial charge < -0.3 is 5.32 Å². The van der Waals surface area contributed by atoms with Crippen LogP contribution in [0.15, 0.2) is 60.8 Å². The SMILES string of the molecule is Cc1cccc(CNc2ccnc(-c3ccccc3C)n2)c1. The Morgan fingerprint density at radius 1 is 0.955 bits per heavy atom. The summed E-state index contributed by atoms with van der Waals surface area (Å²) in [5.41, 5.74) is 4.76. The van der Waals surface area contributed by atoms with Gasteiger partial charge in [0.2, 0.25) is 0 Å². The molecule has 0 radical (unpaired) electrons. The fourth-order valence-corrected chi connectivity index (χ4v) is 2.43. The van der Waals surface area contributed by atoms with E-state index in [4.69, 9.17) is 0 Å². The Bertz CT molecular complexity index is 781. The van der Waals surface area contributed by atoms with Gasteiger partial charge in [0.05, 0.1) is 0 Å². The Balaban J connectivity index is 1.79. The predicted octanol–water partition coefficient (Wildman–Crippen LogP) is 4.37. The van der Waals surface area contributed by atoms with E-state index in [0.29, 0.717) is 0 Å². The molecule has 0 spiro atoms. The van der Waals surface area contributed by atoms with E-state index in [9.17, 15) is 0 Å². The van der Waals surface area contributed by atoms with Crippen LogP contribution in [0.25, 0.3) is 11.4 Å². The Hall–Kier alpha value is -2.68. The number of anilines is 1. The van der Waals surface area contributed by atoms with Crippen molar-refractivity contribution in [3.05, 3.63) is 77.5 Å². The molecule has 0 aliphatic rings. The van der Waals surface area contributed by atoms with E-state index in [1.807, 2.05) is 18.2 Å². The van der Waals surface area contributed by atoms with Crippen LogP contribution in [0.4, 0.5) is 5.82 Å². The van der Waals surface area contributed by atoms with Crippen LogP contribution in [-0.2, 0) is 6.54 Å². The molecule has 0 aliphatic heterocycles. The van der Waals surface area contributed by atoms with E-state index in [1.165, 1.54) is 16.7 Å². The van der Waals surface area contributed by atoms with Gasteiger partial charge >= 0.3 is 0 Å². The first-order valence-corrected chi connectivity index (χ1v) is 7.41. The normalized spacial score (nSPS) is 10.5. The van der Waals surface area contributed by atoms with Crippen molar-refractivity contribution in [2.24, 2.45) is 0 Å². The minimum atomic E-state index is 0.756. The van der Waals surface area contributed by atoms with Crippen LogP contribution in [-0.4, -0.2) is 9.97 Å². The fourth-order valence-electron chi connectivity index (χ4n) is 2.43. The summed E-state index contributed by atoms with van der Waals surface area (Å²) in [7, 11) is 0. The van der Waals surface area contributed by atoms with E-state index >= 15 is 0 Å². The summed E-state index contributed by atoms with van der Waals surface area (Å²) < 4.78 is 0. The second kappa shape index (κ2) is 6.39. The van der Waals surface area contributed by atoms with Crippen LogP contribution in [0, 0.1) is 13.8 Å². The average molecular weight is 289 g/mol. The first kappa shape index (κ1) is 14.3. The zero-order valence-corrected chi connectivity index (χ0v) is 12.9. The van der Waals surface area contributed by atoms with E-state index in [0.717, 1.165) is 23.8 Å². The molecule has 0 fully saturated rings. The lowest BCUT2D eigenvalue weighted by atomic mass is 10.1. The molecular formula is C19H19N3. The standard InChI is InChI=1S/C19H19N3/c1-14-6-5-8-16(12-14)13-21-18-10-11-20-19(22-18)17-9-4-3-7-15(17)2/h3-12H,13H2,1-2H3,(H,20,21,22). The zero-order chi connectivity index (χ0) is 15.4. The number of nitrogens with zero attached hydrogens (tertiary/aromatic N) is 2. The van der Waals surface area contributed by atoms with Crippen molar-refractivity contribution in [2.45, 2.75) is 20.4 Å². The number of hydrogen-bond donors (Lipinski definition) is 1. The molecule has 110 valence electrons. The van der Waals surface area contributed by atoms with Gasteiger partial charge in [0.25, 0.3) is 0 Å². The van der Waals surface area contributed by atoms with Gasteiger partial charge in [0, 0.05) is 18.3 Å². The number of aromatic nitrogens is 2. The van der Waals surface area contributed by atoms with Crippen molar-refractivity contribution in [1.82, 2.24) is 9.97 Å². The molecule has 0 saturated heterocycles. The quantitative estimate of drug-likeness (QED) is 0.775. The minimum absolute atomic E-state index is 0.756. The highest BCUT2D eigenvalue weighted by Gasteiger charge is 2.05. The van der Waals surface area contributed by atoms with Crippen molar-refractivity contribution >= 4 is 5.82 Å². The van der Waals surface area contributed by atoms with Crippen molar-refractivity contribution < 1.29 is 0 Å². The van der Waals surface area contributed by atoms with Gasteiger partial charge in [-0.3, -0.25) is 0 Å². The number of nitrogens with one attached hydrogen (secondary N) is 1. The second-order valence-corrected chi connectivity index (χ2v) is 5.42. The number of aryl methyl sites for hydroxylation is 2. The van der Waals surface area contributed by atoms with Crippen LogP contribution in [0.5, 0.6) is 0 Å². The Morgan fingerprint density at radius 3 is 2.64 bits per heavy atom. The molecule has 22 heavy (non-hydrogen) atoms. The van der Waals surface area contributed by atoms with E-state index in [1.54, 1.807) is 6.20 Å². The Labute approximate surface area is 131 Å². The summed E-state index contributed by atoms with van der Waals surface area (Å²) in [6, 6.07) is 18.5. The third kappa shape index (κ3) is 3.31. The topological polar surface area (TPSA) is 37.8 Å². The molecule has 2 aromatic carbocycles. The molecule has 3 rings (SSSR count). The number of rotatable bonds is 4. The molecule has 3 aromatic rings. The van der Waals surface area contributed by atoms with Crippen LogP contribution >= 0.6 is 0 Å². The van der Waals surface area contributed by atoms with Crippen molar-refractivity contribution in [1.29, 1.82) is 0 Å². The van der Waals surface area contributed by atoms with Crippen molar-refractivity contribution in [3.8, 4) is 11.4 Å². The molecule has 0 bridgehead atoms. The summed E-state index contributed by atoms with van der Waals surface area (Å²) in [5, 5.41) is 3.37. The predicted molar refractivity (Wildman–Crippen MR) is 90.7 cm³/mol. The molecule has 0 amide bonds. The first-order valence-electron chi connectivity index (χ1n) is 7.41. The maximum Gasteiger partial charge on any atom is 0.161 e. The maximum atomic E-state index is 4.62. The van der Waals surface area contributed by atoms with Gasteiger partial charge in [0.1, 0.15) is 5.82 Å². The zero-order valence-electron chi connectivity index (χ0n) is 12.9. The third-order valence-electron chi connectivity index (χ3n) is 3.60. The van der Waals surface area contributed by atoms with Crippen LogP contribution in [0.3, 0.4) is 0 Å². The summed E-state index contributed by atoms with van der Waals surface area (Å²) in [4.78, 5) is 9.01. The van der Waals surface area contributed by atoms with Crippen molar-refractivity contribution in [3.63, 3.8) is 0 Å². The van der Waals surface area contributed by atoms with E-state index in [-0.39, 0.29) is 0 Å². The summed E-state index contributed by atoms with van der Waals surface area (Å²) in [6.07, 6.45) is 1.80. The third-order valence-corrected chi connectivity index (χ3v) is 3.60. The number of hydrogen-bond acceptors (Lipinski definition) is 3. The lowest BCUT2D eigenvalue weighted by Crippen LogP contribution is -2.03. The molecule has 1 N–H and O–H groups in total. The second-order valence-electron chi connectivity index (χ2n) is 5.42. The highest BCUT2D eigenvalue weighted by Crippen LogP contribution is 2.20. The van der Waals surface area contributed by atoms with Gasteiger partial charge in [-0.2, -0.15) is 0 Å². The van der Waals surface area contributed by atoms with Gasteiger partial charge in [-0.15, -0.1) is 0 Å². The smallest absolute Gasteiger partial charge is 0.161 e. The molecule has 0 unspecified atom stereocenters. The minimum Gasteiger partial charge on any atom is -0.366 e. The summed E-state index contributed by atoms with van der Waals surface area (Å²) in [6.45, 7) is 4.93.